The molecule has 100 valence electrons. The summed E-state index contributed by atoms with van der Waals surface area (Å²) < 4.78 is 0. The maximum Gasteiger partial charge on any atom is 0.272 e. The van der Waals surface area contributed by atoms with E-state index in [9.17, 15) is 10.1 Å². The minimum Gasteiger partial charge on any atom is -0.258 e. The lowest BCUT2D eigenvalue weighted by Crippen LogP contribution is -2.17. The molecular formula is C16H14N2O2. The number of nitrogens with zero attached hydrogens (tertiary/aromatic N) is 2. The van der Waals surface area contributed by atoms with Crippen molar-refractivity contribution in [2.45, 2.75) is 12.3 Å². The molecule has 2 aliphatic carbocycles. The third-order valence-electron chi connectivity index (χ3n) is 4.41. The Bertz CT molecular complexity index is 642. The molecule has 4 atom stereocenters. The first-order valence-electron chi connectivity index (χ1n) is 6.70. The molecule has 0 heterocycles. The smallest absolute Gasteiger partial charge is 0.258 e. The number of para-hydroxylation sites is 1. The number of hydrogen-bond acceptors (Lipinski definition) is 3. The van der Waals surface area contributed by atoms with E-state index in [0.717, 1.165) is 12.0 Å². The van der Waals surface area contributed by atoms with Gasteiger partial charge in [-0.25, -0.2) is 0 Å². The van der Waals surface area contributed by atoms with Gasteiger partial charge in [0.25, 0.3) is 5.69 Å². The van der Waals surface area contributed by atoms with Gasteiger partial charge in [0.1, 0.15) is 0 Å². The van der Waals surface area contributed by atoms with Crippen molar-refractivity contribution in [2.75, 3.05) is 0 Å². The summed E-state index contributed by atoms with van der Waals surface area (Å²) in [5.41, 5.74) is 0.982. The number of nitriles is 1. The van der Waals surface area contributed by atoms with Crippen LogP contribution in [0.4, 0.5) is 5.69 Å². The van der Waals surface area contributed by atoms with Gasteiger partial charge >= 0.3 is 0 Å². The Hall–Kier alpha value is -2.41. The van der Waals surface area contributed by atoms with Crippen molar-refractivity contribution in [3.63, 3.8) is 0 Å². The van der Waals surface area contributed by atoms with Crippen LogP contribution >= 0.6 is 0 Å². The summed E-state index contributed by atoms with van der Waals surface area (Å²) in [5, 5.41) is 20.0. The van der Waals surface area contributed by atoms with E-state index < -0.39 is 0 Å². The van der Waals surface area contributed by atoms with Crippen LogP contribution < -0.4 is 0 Å². The second kappa shape index (κ2) is 4.93. The van der Waals surface area contributed by atoms with Crippen LogP contribution in [0.1, 0.15) is 17.9 Å². The van der Waals surface area contributed by atoms with Crippen molar-refractivity contribution < 1.29 is 4.92 Å². The van der Waals surface area contributed by atoms with Crippen LogP contribution in [0.2, 0.25) is 0 Å². The van der Waals surface area contributed by atoms with Crippen LogP contribution in [0.5, 0.6) is 0 Å². The summed E-state index contributed by atoms with van der Waals surface area (Å²) >= 11 is 0. The van der Waals surface area contributed by atoms with Gasteiger partial charge in [-0.05, 0) is 24.2 Å². The number of allylic oxidation sites excluding steroid dienone is 4. The fraction of sp³-hybridized carbons (Fsp3) is 0.312. The molecule has 3 rings (SSSR count). The van der Waals surface area contributed by atoms with E-state index in [2.05, 4.69) is 12.2 Å². The van der Waals surface area contributed by atoms with E-state index in [-0.39, 0.29) is 22.4 Å². The number of rotatable bonds is 3. The van der Waals surface area contributed by atoms with E-state index in [1.807, 2.05) is 24.3 Å². The fourth-order valence-electron chi connectivity index (χ4n) is 3.65. The Balaban J connectivity index is 2.04. The van der Waals surface area contributed by atoms with Crippen LogP contribution in [0.25, 0.3) is 0 Å². The van der Waals surface area contributed by atoms with Gasteiger partial charge in [0.05, 0.1) is 11.0 Å². The molecular weight excluding hydrogens is 252 g/mol. The van der Waals surface area contributed by atoms with Gasteiger partial charge in [0.2, 0.25) is 0 Å². The highest BCUT2D eigenvalue weighted by atomic mass is 16.6. The second-order valence-electron chi connectivity index (χ2n) is 5.36. The molecule has 0 aliphatic heterocycles. The molecule has 4 nitrogen and oxygen atoms in total. The highest BCUT2D eigenvalue weighted by molar-refractivity contribution is 5.46. The van der Waals surface area contributed by atoms with E-state index in [1.165, 1.54) is 6.08 Å². The number of benzene rings is 1. The van der Waals surface area contributed by atoms with E-state index in [4.69, 9.17) is 5.26 Å². The normalized spacial score (nSPS) is 30.8. The molecule has 1 saturated carbocycles. The molecule has 0 radical (unpaired) electrons. The average molecular weight is 266 g/mol. The molecule has 2 aliphatic rings. The SMILES string of the molecule is N#CC=CC1C2C=CC(C2)C1c1ccccc1[N+](=O)[O-]. The van der Waals surface area contributed by atoms with Crippen LogP contribution in [0.15, 0.2) is 48.6 Å². The van der Waals surface area contributed by atoms with Crippen LogP contribution in [-0.2, 0) is 0 Å². The van der Waals surface area contributed by atoms with Crippen molar-refractivity contribution in [3.05, 3.63) is 64.2 Å². The zero-order valence-electron chi connectivity index (χ0n) is 10.8. The van der Waals surface area contributed by atoms with Crippen LogP contribution in [-0.4, -0.2) is 4.92 Å². The Morgan fingerprint density at radius 2 is 2.05 bits per heavy atom. The first-order chi connectivity index (χ1) is 9.72. The van der Waals surface area contributed by atoms with E-state index in [1.54, 1.807) is 12.1 Å². The highest BCUT2D eigenvalue weighted by Gasteiger charge is 2.45. The molecule has 20 heavy (non-hydrogen) atoms. The molecule has 0 saturated heterocycles. The first kappa shape index (κ1) is 12.6. The monoisotopic (exact) mass is 266 g/mol. The van der Waals surface area contributed by atoms with Crippen LogP contribution in [0, 0.1) is 39.2 Å². The molecule has 4 unspecified atom stereocenters. The number of hydrogen-bond donors (Lipinski definition) is 0. The van der Waals surface area contributed by atoms with Gasteiger partial charge in [-0.15, -0.1) is 0 Å². The third kappa shape index (κ3) is 1.92. The summed E-state index contributed by atoms with van der Waals surface area (Å²) in [7, 11) is 0. The van der Waals surface area contributed by atoms with Gasteiger partial charge in [0.15, 0.2) is 0 Å². The summed E-state index contributed by atoms with van der Waals surface area (Å²) in [5.74, 6) is 1.03. The standard InChI is InChI=1S/C16H14N2O2/c17-9-3-5-13-11-7-8-12(10-11)16(13)14-4-1-2-6-15(14)18(19)20/h1-8,11-13,16H,10H2. The molecule has 0 N–H and O–H groups in total. The molecule has 0 amide bonds. The molecule has 2 bridgehead atoms. The summed E-state index contributed by atoms with van der Waals surface area (Å²) in [6.45, 7) is 0. The lowest BCUT2D eigenvalue weighted by molar-refractivity contribution is -0.385. The van der Waals surface area contributed by atoms with Crippen molar-refractivity contribution in [1.82, 2.24) is 0 Å². The molecule has 1 aromatic rings. The van der Waals surface area contributed by atoms with Crippen molar-refractivity contribution in [2.24, 2.45) is 17.8 Å². The summed E-state index contributed by atoms with van der Waals surface area (Å²) in [6.07, 6.45) is 8.79. The Labute approximate surface area is 117 Å². The fourth-order valence-corrected chi connectivity index (χ4v) is 3.65. The van der Waals surface area contributed by atoms with Crippen molar-refractivity contribution in [3.8, 4) is 6.07 Å². The molecule has 0 aromatic heterocycles. The number of nitro benzene ring substituents is 1. The Morgan fingerprint density at radius 3 is 2.80 bits per heavy atom. The summed E-state index contributed by atoms with van der Waals surface area (Å²) in [6, 6.07) is 8.99. The predicted molar refractivity (Wildman–Crippen MR) is 74.8 cm³/mol. The maximum absolute atomic E-state index is 11.2. The minimum atomic E-state index is -0.309. The predicted octanol–water partition coefficient (Wildman–Crippen LogP) is 3.58. The highest BCUT2D eigenvalue weighted by Crippen LogP contribution is 2.54. The van der Waals surface area contributed by atoms with Gasteiger partial charge in [0, 0.05) is 23.6 Å². The molecule has 1 aromatic carbocycles. The third-order valence-corrected chi connectivity index (χ3v) is 4.41. The topological polar surface area (TPSA) is 66.9 Å². The lowest BCUT2D eigenvalue weighted by Gasteiger charge is -2.25. The maximum atomic E-state index is 11.2. The number of nitro groups is 1. The Morgan fingerprint density at radius 1 is 1.30 bits per heavy atom. The van der Waals surface area contributed by atoms with Crippen LogP contribution in [0.3, 0.4) is 0 Å². The molecule has 1 fully saturated rings. The number of fused-ring (bicyclic) bond motifs is 2. The summed E-state index contributed by atoms with van der Waals surface area (Å²) in [4.78, 5) is 10.9. The zero-order chi connectivity index (χ0) is 14.1. The average Bonchev–Trinajstić information content (AvgIpc) is 3.05. The van der Waals surface area contributed by atoms with Crippen molar-refractivity contribution in [1.29, 1.82) is 5.26 Å². The Kier molecular flexibility index (Phi) is 3.11. The molecule has 0 spiro atoms. The first-order valence-corrected chi connectivity index (χ1v) is 6.70. The zero-order valence-corrected chi connectivity index (χ0v) is 10.8. The van der Waals surface area contributed by atoms with Gasteiger partial charge < -0.3 is 0 Å². The van der Waals surface area contributed by atoms with Gasteiger partial charge in [-0.2, -0.15) is 5.26 Å². The van der Waals surface area contributed by atoms with E-state index in [0.29, 0.717) is 11.8 Å². The quantitative estimate of drug-likeness (QED) is 0.363. The molecule has 4 heteroatoms. The van der Waals surface area contributed by atoms with Gasteiger partial charge in [-0.1, -0.05) is 36.4 Å². The lowest BCUT2D eigenvalue weighted by atomic mass is 9.78. The second-order valence-corrected chi connectivity index (χ2v) is 5.36. The van der Waals surface area contributed by atoms with Gasteiger partial charge in [-0.3, -0.25) is 10.1 Å². The minimum absolute atomic E-state index is 0.108. The largest absolute Gasteiger partial charge is 0.272 e. The van der Waals surface area contributed by atoms with E-state index >= 15 is 0 Å². The van der Waals surface area contributed by atoms with Crippen molar-refractivity contribution >= 4 is 5.69 Å².